The molecule has 0 aliphatic heterocycles. The Bertz CT molecular complexity index is 1160. The van der Waals surface area contributed by atoms with Gasteiger partial charge in [0.15, 0.2) is 0 Å². The first-order valence-corrected chi connectivity index (χ1v) is 11.3. The Morgan fingerprint density at radius 3 is 1.53 bits per heavy atom. The fraction of sp³-hybridized carbons (Fsp3) is 0.133. The van der Waals surface area contributed by atoms with Crippen LogP contribution in [0.4, 0.5) is 0 Å². The molecule has 0 aliphatic rings. The normalized spacial score (nSPS) is 12.0. The van der Waals surface area contributed by atoms with E-state index < -0.39 is 17.4 Å². The average Bonchev–Trinajstić information content (AvgIpc) is 2.87. The number of hydrogen-bond donors (Lipinski definition) is 2. The van der Waals surface area contributed by atoms with Crippen LogP contribution in [0.2, 0.25) is 0 Å². The lowest BCUT2D eigenvalue weighted by atomic mass is 9.68. The van der Waals surface area contributed by atoms with Gasteiger partial charge in [0.25, 0.3) is 0 Å². The highest BCUT2D eigenvalue weighted by Gasteiger charge is 2.45. The van der Waals surface area contributed by atoms with Crippen LogP contribution in [0.5, 0.6) is 0 Å². The Kier molecular flexibility index (Phi) is 6.88. The Balaban J connectivity index is 1.85. The number of carboxylic acid groups (broad SMARTS) is 1. The third-order valence-corrected chi connectivity index (χ3v) is 6.25. The summed E-state index contributed by atoms with van der Waals surface area (Å²) in [6.45, 7) is 1.94. The molecule has 4 aromatic rings. The van der Waals surface area contributed by atoms with E-state index in [1.54, 1.807) is 0 Å². The fourth-order valence-electron chi connectivity index (χ4n) is 4.48. The number of carbonyl (C=O) groups is 2. The highest BCUT2D eigenvalue weighted by atomic mass is 16.4. The minimum Gasteiger partial charge on any atom is -0.480 e. The SMILES string of the molecule is Cc1ccccc1C[C@H](NC(=O)C(c1ccccc1)(c1ccccc1)c1ccccc1)C(=O)O. The monoisotopic (exact) mass is 449 g/mol. The topological polar surface area (TPSA) is 66.4 Å². The predicted octanol–water partition coefficient (Wildman–Crippen LogP) is 5.14. The van der Waals surface area contributed by atoms with Gasteiger partial charge >= 0.3 is 5.97 Å². The summed E-state index contributed by atoms with van der Waals surface area (Å²) >= 11 is 0. The summed E-state index contributed by atoms with van der Waals surface area (Å²) in [4.78, 5) is 26.6. The van der Waals surface area contributed by atoms with Crippen LogP contribution in [0, 0.1) is 6.92 Å². The van der Waals surface area contributed by atoms with E-state index in [0.29, 0.717) is 0 Å². The summed E-state index contributed by atoms with van der Waals surface area (Å²) in [5.41, 5.74) is 2.96. The van der Waals surface area contributed by atoms with E-state index in [0.717, 1.165) is 27.8 Å². The molecule has 0 saturated carbocycles. The average molecular weight is 450 g/mol. The van der Waals surface area contributed by atoms with Gasteiger partial charge in [0.05, 0.1) is 0 Å². The number of carboxylic acids is 1. The van der Waals surface area contributed by atoms with Crippen molar-refractivity contribution in [1.29, 1.82) is 0 Å². The Hall–Kier alpha value is -4.18. The minimum atomic E-state index is -1.22. The van der Waals surface area contributed by atoms with Crippen LogP contribution < -0.4 is 5.32 Å². The first-order valence-electron chi connectivity index (χ1n) is 11.3. The van der Waals surface area contributed by atoms with E-state index in [9.17, 15) is 14.7 Å². The van der Waals surface area contributed by atoms with Gasteiger partial charge in [0, 0.05) is 6.42 Å². The van der Waals surface area contributed by atoms with Crippen molar-refractivity contribution in [3.8, 4) is 0 Å². The Morgan fingerprint density at radius 2 is 1.12 bits per heavy atom. The van der Waals surface area contributed by atoms with Crippen LogP contribution in [-0.4, -0.2) is 23.0 Å². The van der Waals surface area contributed by atoms with Gasteiger partial charge in [-0.05, 0) is 34.7 Å². The van der Waals surface area contributed by atoms with Gasteiger partial charge in [-0.2, -0.15) is 0 Å². The van der Waals surface area contributed by atoms with Crippen LogP contribution in [-0.2, 0) is 21.4 Å². The first kappa shape index (κ1) is 23.0. The van der Waals surface area contributed by atoms with Gasteiger partial charge in [-0.1, -0.05) is 115 Å². The van der Waals surface area contributed by atoms with E-state index in [-0.39, 0.29) is 12.3 Å². The number of rotatable bonds is 8. The van der Waals surface area contributed by atoms with Gasteiger partial charge in [0.2, 0.25) is 5.91 Å². The van der Waals surface area contributed by atoms with E-state index in [2.05, 4.69) is 5.32 Å². The zero-order valence-electron chi connectivity index (χ0n) is 19.0. The number of nitrogens with one attached hydrogen (secondary N) is 1. The summed E-state index contributed by atoms with van der Waals surface area (Å²) in [7, 11) is 0. The molecule has 0 radical (unpaired) electrons. The predicted molar refractivity (Wildman–Crippen MR) is 134 cm³/mol. The number of aliphatic carboxylic acids is 1. The maximum atomic E-state index is 14.3. The molecule has 34 heavy (non-hydrogen) atoms. The lowest BCUT2D eigenvalue weighted by Crippen LogP contribution is -2.52. The second kappa shape index (κ2) is 10.2. The maximum Gasteiger partial charge on any atom is 0.326 e. The summed E-state index contributed by atoms with van der Waals surface area (Å²) in [5.74, 6) is -1.45. The second-order valence-corrected chi connectivity index (χ2v) is 8.34. The molecule has 4 heteroatoms. The van der Waals surface area contributed by atoms with E-state index in [1.165, 1.54) is 0 Å². The molecule has 0 bridgehead atoms. The highest BCUT2D eigenvalue weighted by Crippen LogP contribution is 2.39. The van der Waals surface area contributed by atoms with Crippen LogP contribution in [0.15, 0.2) is 115 Å². The summed E-state index contributed by atoms with van der Waals surface area (Å²) in [6.07, 6.45) is 0.197. The molecule has 0 aromatic heterocycles. The maximum absolute atomic E-state index is 14.3. The summed E-state index contributed by atoms with van der Waals surface area (Å²) < 4.78 is 0. The molecule has 0 heterocycles. The van der Waals surface area contributed by atoms with Crippen molar-refractivity contribution in [2.75, 3.05) is 0 Å². The molecule has 4 rings (SSSR count). The van der Waals surface area contributed by atoms with Crippen LogP contribution in [0.1, 0.15) is 27.8 Å². The molecule has 1 amide bonds. The van der Waals surface area contributed by atoms with Crippen molar-refractivity contribution in [2.45, 2.75) is 24.8 Å². The molecular weight excluding hydrogens is 422 g/mol. The zero-order valence-corrected chi connectivity index (χ0v) is 19.0. The largest absolute Gasteiger partial charge is 0.480 e. The second-order valence-electron chi connectivity index (χ2n) is 8.34. The van der Waals surface area contributed by atoms with Crippen molar-refractivity contribution in [3.05, 3.63) is 143 Å². The van der Waals surface area contributed by atoms with Crippen LogP contribution >= 0.6 is 0 Å². The number of carbonyl (C=O) groups excluding carboxylic acids is 1. The Labute approximate surface area is 199 Å². The van der Waals surface area contributed by atoms with Gasteiger partial charge in [-0.15, -0.1) is 0 Å². The van der Waals surface area contributed by atoms with Gasteiger partial charge in [-0.25, -0.2) is 4.79 Å². The quantitative estimate of drug-likeness (QED) is 0.366. The minimum absolute atomic E-state index is 0.197. The van der Waals surface area contributed by atoms with Crippen molar-refractivity contribution in [3.63, 3.8) is 0 Å². The van der Waals surface area contributed by atoms with Crippen molar-refractivity contribution in [2.24, 2.45) is 0 Å². The molecule has 0 unspecified atom stereocenters. The molecule has 0 aliphatic carbocycles. The molecule has 1 atom stereocenters. The lowest BCUT2D eigenvalue weighted by molar-refractivity contribution is -0.142. The molecule has 2 N–H and O–H groups in total. The van der Waals surface area contributed by atoms with E-state index in [4.69, 9.17) is 0 Å². The lowest BCUT2D eigenvalue weighted by Gasteiger charge is -2.35. The molecule has 4 nitrogen and oxygen atoms in total. The number of aryl methyl sites for hydroxylation is 1. The van der Waals surface area contributed by atoms with E-state index >= 15 is 0 Å². The summed E-state index contributed by atoms with van der Waals surface area (Å²) in [6, 6.07) is 35.1. The van der Waals surface area contributed by atoms with Crippen molar-refractivity contribution >= 4 is 11.9 Å². The molecule has 0 fully saturated rings. The Morgan fingerprint density at radius 1 is 0.706 bits per heavy atom. The third kappa shape index (κ3) is 4.48. The van der Waals surface area contributed by atoms with Crippen molar-refractivity contribution in [1.82, 2.24) is 5.32 Å². The van der Waals surface area contributed by atoms with Gasteiger partial charge in [0.1, 0.15) is 11.5 Å². The standard InChI is InChI=1S/C30H27NO3/c1-22-13-11-12-14-23(22)21-27(28(32)33)31-29(34)30(24-15-5-2-6-16-24,25-17-7-3-8-18-25)26-19-9-4-10-20-26/h2-20,27H,21H2,1H3,(H,31,34)(H,32,33)/t27-/m0/s1. The smallest absolute Gasteiger partial charge is 0.326 e. The van der Waals surface area contributed by atoms with E-state index in [1.807, 2.05) is 122 Å². The summed E-state index contributed by atoms with van der Waals surface area (Å²) in [5, 5.41) is 12.9. The third-order valence-electron chi connectivity index (χ3n) is 6.25. The van der Waals surface area contributed by atoms with Crippen LogP contribution in [0.25, 0.3) is 0 Å². The molecular formula is C30H27NO3. The van der Waals surface area contributed by atoms with Gasteiger partial charge in [-0.3, -0.25) is 4.79 Å². The van der Waals surface area contributed by atoms with Crippen molar-refractivity contribution < 1.29 is 14.7 Å². The highest BCUT2D eigenvalue weighted by molar-refractivity contribution is 5.98. The zero-order chi connectivity index (χ0) is 24.0. The first-order chi connectivity index (χ1) is 16.5. The molecule has 0 saturated heterocycles. The molecule has 170 valence electrons. The van der Waals surface area contributed by atoms with Gasteiger partial charge < -0.3 is 10.4 Å². The number of hydrogen-bond acceptors (Lipinski definition) is 2. The number of benzene rings is 4. The molecule has 0 spiro atoms. The number of amides is 1. The molecule has 4 aromatic carbocycles. The van der Waals surface area contributed by atoms with Crippen LogP contribution in [0.3, 0.4) is 0 Å². The fourth-order valence-corrected chi connectivity index (χ4v) is 4.48.